The predicted molar refractivity (Wildman–Crippen MR) is 92.7 cm³/mol. The van der Waals surface area contributed by atoms with Crippen molar-refractivity contribution in [2.24, 2.45) is 0 Å². The van der Waals surface area contributed by atoms with Crippen molar-refractivity contribution in [1.29, 1.82) is 0 Å². The van der Waals surface area contributed by atoms with Gasteiger partial charge < -0.3 is 15.5 Å². The fourth-order valence-corrected chi connectivity index (χ4v) is 3.92. The van der Waals surface area contributed by atoms with Crippen LogP contribution in [0.25, 0.3) is 0 Å². The minimum Gasteiger partial charge on any atom is -0.370 e. The summed E-state index contributed by atoms with van der Waals surface area (Å²) in [6.45, 7) is 3.21. The standard InChI is InChI=1S/C16H24N4OS/c21-16(10-13-12-22-9-6-17-13)19-15-5-4-14(11-18-15)20-7-2-1-3-8-20/h4-5,11,13,17H,1-3,6-10,12H2,(H,18,19,21). The molecule has 0 radical (unpaired) electrons. The van der Waals surface area contributed by atoms with E-state index in [9.17, 15) is 4.79 Å². The molecular weight excluding hydrogens is 296 g/mol. The molecule has 1 amide bonds. The van der Waals surface area contributed by atoms with Crippen LogP contribution >= 0.6 is 11.8 Å². The molecule has 2 N–H and O–H groups in total. The van der Waals surface area contributed by atoms with Gasteiger partial charge in [-0.15, -0.1) is 0 Å². The second-order valence-electron chi connectivity index (χ2n) is 5.93. The fraction of sp³-hybridized carbons (Fsp3) is 0.625. The molecule has 0 saturated carbocycles. The predicted octanol–water partition coefficient (Wildman–Crippen LogP) is 2.11. The van der Waals surface area contributed by atoms with E-state index >= 15 is 0 Å². The van der Waals surface area contributed by atoms with Gasteiger partial charge in [0, 0.05) is 43.6 Å². The highest BCUT2D eigenvalue weighted by atomic mass is 32.2. The highest BCUT2D eigenvalue weighted by Gasteiger charge is 2.17. The van der Waals surface area contributed by atoms with Gasteiger partial charge in [-0.05, 0) is 31.4 Å². The number of nitrogens with one attached hydrogen (secondary N) is 2. The molecule has 0 spiro atoms. The number of piperidine rings is 1. The molecule has 0 bridgehead atoms. The van der Waals surface area contributed by atoms with Crippen molar-refractivity contribution >= 4 is 29.2 Å². The van der Waals surface area contributed by atoms with Crippen LogP contribution in [-0.4, -0.2) is 48.1 Å². The molecule has 1 aromatic heterocycles. The van der Waals surface area contributed by atoms with Gasteiger partial charge in [0.25, 0.3) is 0 Å². The Balaban J connectivity index is 1.50. The SMILES string of the molecule is O=C(CC1CSCCN1)Nc1ccc(N2CCCCC2)cn1. The number of carbonyl (C=O) groups excluding carboxylic acids is 1. The summed E-state index contributed by atoms with van der Waals surface area (Å²) in [5, 5.41) is 6.28. The average Bonchev–Trinajstić information content (AvgIpc) is 2.57. The maximum absolute atomic E-state index is 12.1. The molecule has 0 aliphatic carbocycles. The first-order chi connectivity index (χ1) is 10.8. The van der Waals surface area contributed by atoms with E-state index < -0.39 is 0 Å². The molecule has 6 heteroatoms. The third kappa shape index (κ3) is 4.36. The number of anilines is 2. The van der Waals surface area contributed by atoms with Crippen LogP contribution in [0.1, 0.15) is 25.7 Å². The molecule has 0 aromatic carbocycles. The summed E-state index contributed by atoms with van der Waals surface area (Å²) in [6.07, 6.45) is 6.22. The fourth-order valence-electron chi connectivity index (χ4n) is 2.97. The third-order valence-corrected chi connectivity index (χ3v) is 5.30. The van der Waals surface area contributed by atoms with Crippen LogP contribution in [0.5, 0.6) is 0 Å². The van der Waals surface area contributed by atoms with Gasteiger partial charge in [0.2, 0.25) is 5.91 Å². The Morgan fingerprint density at radius 1 is 1.36 bits per heavy atom. The van der Waals surface area contributed by atoms with Crippen molar-refractivity contribution in [3.8, 4) is 0 Å². The van der Waals surface area contributed by atoms with Crippen LogP contribution in [-0.2, 0) is 4.79 Å². The molecule has 22 heavy (non-hydrogen) atoms. The zero-order chi connectivity index (χ0) is 15.2. The number of rotatable bonds is 4. The molecule has 5 nitrogen and oxygen atoms in total. The molecule has 3 rings (SSSR count). The average molecular weight is 320 g/mol. The molecular formula is C16H24N4OS. The van der Waals surface area contributed by atoms with Crippen LogP contribution in [0.2, 0.25) is 0 Å². The van der Waals surface area contributed by atoms with Crippen LogP contribution in [0, 0.1) is 0 Å². The molecule has 1 unspecified atom stereocenters. The molecule has 2 fully saturated rings. The highest BCUT2D eigenvalue weighted by Crippen LogP contribution is 2.20. The Morgan fingerprint density at radius 2 is 2.23 bits per heavy atom. The van der Waals surface area contributed by atoms with Gasteiger partial charge >= 0.3 is 0 Å². The summed E-state index contributed by atoms with van der Waals surface area (Å²) >= 11 is 1.91. The molecule has 3 heterocycles. The molecule has 120 valence electrons. The topological polar surface area (TPSA) is 57.3 Å². The number of nitrogens with zero attached hydrogens (tertiary/aromatic N) is 2. The first-order valence-corrected chi connectivity index (χ1v) is 9.29. The maximum atomic E-state index is 12.1. The van der Waals surface area contributed by atoms with Crippen molar-refractivity contribution in [2.75, 3.05) is 41.4 Å². The lowest BCUT2D eigenvalue weighted by Crippen LogP contribution is -2.40. The Bertz CT molecular complexity index is 481. The molecule has 2 saturated heterocycles. The second-order valence-corrected chi connectivity index (χ2v) is 7.08. The van der Waals surface area contributed by atoms with Crippen molar-refractivity contribution in [1.82, 2.24) is 10.3 Å². The van der Waals surface area contributed by atoms with Gasteiger partial charge in [0.1, 0.15) is 5.82 Å². The third-order valence-electron chi connectivity index (χ3n) is 4.17. The second kappa shape index (κ2) is 7.83. The zero-order valence-electron chi connectivity index (χ0n) is 12.9. The summed E-state index contributed by atoms with van der Waals surface area (Å²) in [4.78, 5) is 18.8. The maximum Gasteiger partial charge on any atom is 0.227 e. The number of aromatic nitrogens is 1. The minimum absolute atomic E-state index is 0.0400. The Morgan fingerprint density at radius 3 is 2.91 bits per heavy atom. The van der Waals surface area contributed by atoms with E-state index in [-0.39, 0.29) is 11.9 Å². The Hall–Kier alpha value is -1.27. The lowest BCUT2D eigenvalue weighted by Gasteiger charge is -2.28. The van der Waals surface area contributed by atoms with Crippen LogP contribution < -0.4 is 15.5 Å². The van der Waals surface area contributed by atoms with E-state index in [0.29, 0.717) is 12.2 Å². The molecule has 2 aliphatic rings. The van der Waals surface area contributed by atoms with Crippen LogP contribution in [0.3, 0.4) is 0 Å². The monoisotopic (exact) mass is 320 g/mol. The number of pyridine rings is 1. The van der Waals surface area contributed by atoms with E-state index in [2.05, 4.69) is 26.6 Å². The summed E-state index contributed by atoms with van der Waals surface area (Å²) < 4.78 is 0. The first-order valence-electron chi connectivity index (χ1n) is 8.13. The number of thioether (sulfide) groups is 1. The zero-order valence-corrected chi connectivity index (χ0v) is 13.7. The van der Waals surface area contributed by atoms with Crippen molar-refractivity contribution < 1.29 is 4.79 Å². The van der Waals surface area contributed by atoms with Crippen molar-refractivity contribution in [3.63, 3.8) is 0 Å². The van der Waals surface area contributed by atoms with E-state index in [1.54, 1.807) is 0 Å². The number of carbonyl (C=O) groups is 1. The van der Waals surface area contributed by atoms with Crippen molar-refractivity contribution in [3.05, 3.63) is 18.3 Å². The number of amides is 1. The largest absolute Gasteiger partial charge is 0.370 e. The lowest BCUT2D eigenvalue weighted by molar-refractivity contribution is -0.116. The van der Waals surface area contributed by atoms with Crippen molar-refractivity contribution in [2.45, 2.75) is 31.7 Å². The van der Waals surface area contributed by atoms with E-state index in [4.69, 9.17) is 0 Å². The molecule has 1 aromatic rings. The highest BCUT2D eigenvalue weighted by molar-refractivity contribution is 7.99. The summed E-state index contributed by atoms with van der Waals surface area (Å²) in [5.74, 6) is 2.83. The quantitative estimate of drug-likeness (QED) is 0.890. The van der Waals surface area contributed by atoms with Gasteiger partial charge in [-0.25, -0.2) is 4.98 Å². The van der Waals surface area contributed by atoms with E-state index in [0.717, 1.165) is 36.8 Å². The minimum atomic E-state index is 0.0400. The van der Waals surface area contributed by atoms with Gasteiger partial charge in [0.15, 0.2) is 0 Å². The van der Waals surface area contributed by atoms with Gasteiger partial charge in [-0.2, -0.15) is 11.8 Å². The summed E-state index contributed by atoms with van der Waals surface area (Å²) in [6, 6.07) is 4.25. The van der Waals surface area contributed by atoms with E-state index in [1.807, 2.05) is 24.0 Å². The smallest absolute Gasteiger partial charge is 0.227 e. The molecule has 1 atom stereocenters. The van der Waals surface area contributed by atoms with Gasteiger partial charge in [-0.3, -0.25) is 4.79 Å². The van der Waals surface area contributed by atoms with E-state index in [1.165, 1.54) is 19.3 Å². The van der Waals surface area contributed by atoms with Crippen LogP contribution in [0.15, 0.2) is 18.3 Å². The normalized spacial score (nSPS) is 22.4. The van der Waals surface area contributed by atoms with Gasteiger partial charge in [-0.1, -0.05) is 0 Å². The Labute approximate surface area is 136 Å². The van der Waals surface area contributed by atoms with Gasteiger partial charge in [0.05, 0.1) is 11.9 Å². The first kappa shape index (κ1) is 15.6. The summed E-state index contributed by atoms with van der Waals surface area (Å²) in [7, 11) is 0. The summed E-state index contributed by atoms with van der Waals surface area (Å²) in [5.41, 5.74) is 1.16. The number of hydrogen-bond donors (Lipinski definition) is 2. The number of hydrogen-bond acceptors (Lipinski definition) is 5. The molecule has 2 aliphatic heterocycles. The lowest BCUT2D eigenvalue weighted by atomic mass is 10.1. The Kier molecular flexibility index (Phi) is 5.56. The van der Waals surface area contributed by atoms with Crippen LogP contribution in [0.4, 0.5) is 11.5 Å².